The normalized spacial score (nSPS) is 16.7. The van der Waals surface area contributed by atoms with Crippen LogP contribution in [0.25, 0.3) is 11.1 Å². The van der Waals surface area contributed by atoms with E-state index >= 15 is 0 Å². The standard InChI is InChI=1S/C20H19NO4/c1-21-10-8-14-15(9-11-21)17-12-13(24-20(22)23)6-7-19(17)25-18-5-3-2-4-16(14)18/h2-7,12H,8-11H2,1H3,(H,22,23). The summed E-state index contributed by atoms with van der Waals surface area (Å²) in [6.45, 7) is 1.93. The van der Waals surface area contributed by atoms with Crippen molar-refractivity contribution in [1.82, 2.24) is 4.90 Å². The molecule has 0 atom stereocenters. The molecular formula is C20H19NO4. The molecule has 0 aromatic heterocycles. The van der Waals surface area contributed by atoms with Gasteiger partial charge in [-0.15, -0.1) is 0 Å². The highest BCUT2D eigenvalue weighted by atomic mass is 16.7. The maximum atomic E-state index is 10.9. The van der Waals surface area contributed by atoms with E-state index < -0.39 is 6.16 Å². The van der Waals surface area contributed by atoms with E-state index in [-0.39, 0.29) is 0 Å². The third-order valence-corrected chi connectivity index (χ3v) is 4.76. The molecule has 2 aromatic rings. The molecule has 128 valence electrons. The zero-order valence-corrected chi connectivity index (χ0v) is 14.0. The molecule has 0 bridgehead atoms. The Morgan fingerprint density at radius 2 is 1.72 bits per heavy atom. The van der Waals surface area contributed by atoms with Gasteiger partial charge in [0.05, 0.1) is 0 Å². The van der Waals surface area contributed by atoms with Crippen LogP contribution in [0.2, 0.25) is 0 Å². The van der Waals surface area contributed by atoms with Gasteiger partial charge in [-0.25, -0.2) is 4.79 Å². The third kappa shape index (κ3) is 2.98. The average Bonchev–Trinajstić information content (AvgIpc) is 2.85. The maximum Gasteiger partial charge on any atom is 0.511 e. The zero-order valence-electron chi connectivity index (χ0n) is 14.0. The van der Waals surface area contributed by atoms with Crippen molar-refractivity contribution in [3.8, 4) is 17.2 Å². The molecule has 0 amide bonds. The van der Waals surface area contributed by atoms with E-state index in [4.69, 9.17) is 14.6 Å². The Kier molecular flexibility index (Phi) is 3.93. The Hall–Kier alpha value is -2.79. The highest BCUT2D eigenvalue weighted by Crippen LogP contribution is 2.46. The monoisotopic (exact) mass is 337 g/mol. The van der Waals surface area contributed by atoms with Crippen LogP contribution >= 0.6 is 0 Å². The minimum atomic E-state index is -1.31. The lowest BCUT2D eigenvalue weighted by molar-refractivity contribution is 0.144. The first-order chi connectivity index (χ1) is 12.1. The molecule has 2 aliphatic rings. The Morgan fingerprint density at radius 3 is 2.48 bits per heavy atom. The summed E-state index contributed by atoms with van der Waals surface area (Å²) in [6, 6.07) is 13.3. The van der Waals surface area contributed by atoms with Gasteiger partial charge in [0.1, 0.15) is 17.2 Å². The Balaban J connectivity index is 1.91. The number of fused-ring (bicyclic) bond motifs is 4. The van der Waals surface area contributed by atoms with Gasteiger partial charge in [-0.1, -0.05) is 18.2 Å². The second-order valence-corrected chi connectivity index (χ2v) is 6.38. The second kappa shape index (κ2) is 6.26. The maximum absolute atomic E-state index is 10.9. The number of nitrogens with zero attached hydrogens (tertiary/aromatic N) is 1. The summed E-state index contributed by atoms with van der Waals surface area (Å²) in [5.74, 6) is 1.88. The molecule has 0 unspecified atom stereocenters. The molecule has 25 heavy (non-hydrogen) atoms. The molecule has 5 heteroatoms. The van der Waals surface area contributed by atoms with Crippen LogP contribution in [0.1, 0.15) is 24.0 Å². The lowest BCUT2D eigenvalue weighted by Gasteiger charge is -2.15. The Morgan fingerprint density at radius 1 is 1.04 bits per heavy atom. The molecule has 4 rings (SSSR count). The van der Waals surface area contributed by atoms with Crippen LogP contribution in [-0.4, -0.2) is 36.3 Å². The Labute approximate surface area is 146 Å². The highest BCUT2D eigenvalue weighted by Gasteiger charge is 2.25. The molecule has 5 nitrogen and oxygen atoms in total. The van der Waals surface area contributed by atoms with Gasteiger partial charge in [-0.3, -0.25) is 0 Å². The summed E-state index contributed by atoms with van der Waals surface area (Å²) < 4.78 is 11.0. The van der Waals surface area contributed by atoms with Crippen LogP contribution in [-0.2, 0) is 0 Å². The van der Waals surface area contributed by atoms with E-state index in [1.54, 1.807) is 18.2 Å². The third-order valence-electron chi connectivity index (χ3n) is 4.76. The van der Waals surface area contributed by atoms with Crippen molar-refractivity contribution >= 4 is 17.3 Å². The summed E-state index contributed by atoms with van der Waals surface area (Å²) in [6.07, 6.45) is 0.496. The molecule has 0 saturated carbocycles. The summed E-state index contributed by atoms with van der Waals surface area (Å²) in [4.78, 5) is 13.2. The van der Waals surface area contributed by atoms with Gasteiger partial charge in [-0.05, 0) is 55.3 Å². The minimum Gasteiger partial charge on any atom is -0.456 e. The van der Waals surface area contributed by atoms with Gasteiger partial charge in [0.15, 0.2) is 0 Å². The van der Waals surface area contributed by atoms with Crippen LogP contribution in [0.15, 0.2) is 42.5 Å². The first-order valence-corrected chi connectivity index (χ1v) is 8.35. The van der Waals surface area contributed by atoms with Crippen molar-refractivity contribution in [1.29, 1.82) is 0 Å². The summed E-state index contributed by atoms with van der Waals surface area (Å²) in [5.41, 5.74) is 4.51. The highest BCUT2D eigenvalue weighted by molar-refractivity contribution is 5.96. The molecule has 0 radical (unpaired) electrons. The fourth-order valence-electron chi connectivity index (χ4n) is 3.54. The van der Waals surface area contributed by atoms with Gasteiger partial charge >= 0.3 is 6.16 Å². The van der Waals surface area contributed by atoms with Gasteiger partial charge in [0, 0.05) is 24.2 Å². The second-order valence-electron chi connectivity index (χ2n) is 6.38. The lowest BCUT2D eigenvalue weighted by Crippen LogP contribution is -2.19. The van der Waals surface area contributed by atoms with Crippen LogP contribution in [0, 0.1) is 0 Å². The minimum absolute atomic E-state index is 0.310. The lowest BCUT2D eigenvalue weighted by atomic mass is 9.91. The van der Waals surface area contributed by atoms with Crippen molar-refractivity contribution in [3.63, 3.8) is 0 Å². The van der Waals surface area contributed by atoms with E-state index in [9.17, 15) is 4.79 Å². The van der Waals surface area contributed by atoms with Crippen LogP contribution in [0.3, 0.4) is 0 Å². The molecular weight excluding hydrogens is 318 g/mol. The number of hydrogen-bond donors (Lipinski definition) is 1. The fraction of sp³-hybridized carbons (Fsp3) is 0.250. The molecule has 0 aliphatic carbocycles. The van der Waals surface area contributed by atoms with Crippen LogP contribution < -0.4 is 9.47 Å². The van der Waals surface area contributed by atoms with Gasteiger partial charge in [-0.2, -0.15) is 0 Å². The smallest absolute Gasteiger partial charge is 0.456 e. The number of rotatable bonds is 1. The predicted octanol–water partition coefficient (Wildman–Crippen LogP) is 4.49. The largest absolute Gasteiger partial charge is 0.511 e. The predicted molar refractivity (Wildman–Crippen MR) is 95.2 cm³/mol. The zero-order chi connectivity index (χ0) is 17.4. The number of para-hydroxylation sites is 1. The summed E-state index contributed by atoms with van der Waals surface area (Å²) in [5, 5.41) is 8.91. The molecule has 0 saturated heterocycles. The quantitative estimate of drug-likeness (QED) is 0.614. The summed E-state index contributed by atoms with van der Waals surface area (Å²) in [7, 11) is 2.12. The SMILES string of the molecule is CN1CCC2=C(CC1)c1cc(OC(=O)O)ccc1Oc1ccccc12. The molecule has 2 heterocycles. The van der Waals surface area contributed by atoms with Crippen molar-refractivity contribution in [2.45, 2.75) is 12.8 Å². The van der Waals surface area contributed by atoms with E-state index in [1.165, 1.54) is 11.1 Å². The Bertz CT molecular complexity index is 872. The van der Waals surface area contributed by atoms with E-state index in [1.807, 2.05) is 18.2 Å². The number of carbonyl (C=O) groups is 1. The summed E-state index contributed by atoms with van der Waals surface area (Å²) >= 11 is 0. The van der Waals surface area contributed by atoms with Crippen LogP contribution in [0.4, 0.5) is 4.79 Å². The topological polar surface area (TPSA) is 59.0 Å². The number of hydrogen-bond acceptors (Lipinski definition) is 4. The molecule has 0 spiro atoms. The molecule has 1 N–H and O–H groups in total. The van der Waals surface area contributed by atoms with Crippen molar-refractivity contribution in [2.75, 3.05) is 20.1 Å². The van der Waals surface area contributed by atoms with E-state index in [0.717, 1.165) is 48.6 Å². The fourth-order valence-corrected chi connectivity index (χ4v) is 3.54. The molecule has 2 aromatic carbocycles. The first kappa shape index (κ1) is 15.7. The number of benzene rings is 2. The van der Waals surface area contributed by atoms with Crippen molar-refractivity contribution < 1.29 is 19.4 Å². The molecule has 2 aliphatic heterocycles. The van der Waals surface area contributed by atoms with Crippen molar-refractivity contribution in [2.24, 2.45) is 0 Å². The average molecular weight is 337 g/mol. The van der Waals surface area contributed by atoms with Crippen LogP contribution in [0.5, 0.6) is 17.2 Å². The number of carboxylic acid groups (broad SMARTS) is 1. The van der Waals surface area contributed by atoms with Gasteiger partial charge in [0.2, 0.25) is 0 Å². The van der Waals surface area contributed by atoms with E-state index in [0.29, 0.717) is 5.75 Å². The molecule has 0 fully saturated rings. The van der Waals surface area contributed by atoms with E-state index in [2.05, 4.69) is 18.0 Å². The number of ether oxygens (including phenoxy) is 2. The first-order valence-electron chi connectivity index (χ1n) is 8.35. The van der Waals surface area contributed by atoms with Crippen molar-refractivity contribution in [3.05, 3.63) is 53.6 Å². The van der Waals surface area contributed by atoms with Gasteiger partial charge in [0.25, 0.3) is 0 Å². The van der Waals surface area contributed by atoms with Gasteiger partial charge < -0.3 is 19.5 Å².